The van der Waals surface area contributed by atoms with Crippen molar-refractivity contribution in [2.45, 2.75) is 19.5 Å². The summed E-state index contributed by atoms with van der Waals surface area (Å²) in [6.45, 7) is 1.75. The Kier molecular flexibility index (Phi) is 4.60. The van der Waals surface area contributed by atoms with E-state index in [0.717, 1.165) is 11.3 Å². The molecule has 2 aromatic rings. The standard InChI is InChI=1S/C13H8Cl2F3NOS/c1-6-8(14)2-7(3-9(6)15)10-5-21-12(19-10)4-11(20)13(16,17)18/h2-3,5H,4H2,1H3. The molecule has 0 amide bonds. The number of carbonyl (C=O) groups excluding carboxylic acids is 1. The first-order valence-electron chi connectivity index (χ1n) is 5.69. The molecule has 0 spiro atoms. The van der Waals surface area contributed by atoms with Gasteiger partial charge >= 0.3 is 6.18 Å². The van der Waals surface area contributed by atoms with E-state index in [4.69, 9.17) is 23.2 Å². The van der Waals surface area contributed by atoms with Gasteiger partial charge in [0.25, 0.3) is 0 Å². The van der Waals surface area contributed by atoms with Crippen LogP contribution in [-0.4, -0.2) is 16.9 Å². The van der Waals surface area contributed by atoms with Gasteiger partial charge < -0.3 is 0 Å². The number of hydrogen-bond acceptors (Lipinski definition) is 3. The van der Waals surface area contributed by atoms with Crippen molar-refractivity contribution in [3.05, 3.63) is 38.1 Å². The quantitative estimate of drug-likeness (QED) is 0.768. The molecule has 21 heavy (non-hydrogen) atoms. The third-order valence-electron chi connectivity index (χ3n) is 2.76. The van der Waals surface area contributed by atoms with E-state index in [1.54, 1.807) is 24.4 Å². The Morgan fingerprint density at radius 3 is 2.38 bits per heavy atom. The van der Waals surface area contributed by atoms with Gasteiger partial charge in [-0.15, -0.1) is 11.3 Å². The summed E-state index contributed by atoms with van der Waals surface area (Å²) in [6.07, 6.45) is -5.61. The number of thiazole rings is 1. The topological polar surface area (TPSA) is 30.0 Å². The van der Waals surface area contributed by atoms with Gasteiger partial charge in [-0.05, 0) is 24.6 Å². The van der Waals surface area contributed by atoms with E-state index in [1.165, 1.54) is 0 Å². The summed E-state index contributed by atoms with van der Waals surface area (Å²) in [4.78, 5) is 15.0. The van der Waals surface area contributed by atoms with Crippen LogP contribution in [-0.2, 0) is 11.2 Å². The largest absolute Gasteiger partial charge is 0.450 e. The number of hydrogen-bond donors (Lipinski definition) is 0. The van der Waals surface area contributed by atoms with E-state index < -0.39 is 18.4 Å². The summed E-state index contributed by atoms with van der Waals surface area (Å²) >= 11 is 13.0. The molecule has 0 radical (unpaired) electrons. The van der Waals surface area contributed by atoms with Gasteiger partial charge in [-0.25, -0.2) is 4.98 Å². The van der Waals surface area contributed by atoms with Crippen molar-refractivity contribution >= 4 is 40.3 Å². The molecule has 0 atom stereocenters. The van der Waals surface area contributed by atoms with E-state index in [2.05, 4.69) is 4.98 Å². The summed E-state index contributed by atoms with van der Waals surface area (Å²) in [7, 11) is 0. The highest BCUT2D eigenvalue weighted by molar-refractivity contribution is 7.10. The molecule has 1 aromatic carbocycles. The minimum Gasteiger partial charge on any atom is -0.289 e. The molecule has 8 heteroatoms. The predicted octanol–water partition coefficient (Wildman–Crippen LogP) is 5.10. The number of ketones is 1. The summed E-state index contributed by atoms with van der Waals surface area (Å²) in [5.74, 6) is -1.82. The van der Waals surface area contributed by atoms with Crippen LogP contribution >= 0.6 is 34.5 Å². The summed E-state index contributed by atoms with van der Waals surface area (Å²) in [5, 5.41) is 2.55. The number of carbonyl (C=O) groups is 1. The van der Waals surface area contributed by atoms with Gasteiger partial charge in [0.1, 0.15) is 5.01 Å². The van der Waals surface area contributed by atoms with Crippen molar-refractivity contribution in [2.24, 2.45) is 0 Å². The van der Waals surface area contributed by atoms with Gasteiger partial charge in [0.05, 0.1) is 12.1 Å². The van der Waals surface area contributed by atoms with E-state index in [0.29, 0.717) is 26.9 Å². The second-order valence-corrected chi connectivity index (χ2v) is 6.05. The van der Waals surface area contributed by atoms with Gasteiger partial charge in [-0.1, -0.05) is 23.2 Å². The van der Waals surface area contributed by atoms with Crippen LogP contribution in [0.3, 0.4) is 0 Å². The number of nitrogens with zero attached hydrogens (tertiary/aromatic N) is 1. The van der Waals surface area contributed by atoms with Crippen molar-refractivity contribution in [1.29, 1.82) is 0 Å². The Morgan fingerprint density at radius 2 is 1.86 bits per heavy atom. The first kappa shape index (κ1) is 16.3. The van der Waals surface area contributed by atoms with Crippen LogP contribution in [0.15, 0.2) is 17.5 Å². The highest BCUT2D eigenvalue weighted by atomic mass is 35.5. The minimum atomic E-state index is -4.84. The first-order valence-corrected chi connectivity index (χ1v) is 7.32. The van der Waals surface area contributed by atoms with Gasteiger partial charge in [-0.2, -0.15) is 13.2 Å². The molecule has 0 N–H and O–H groups in total. The number of Topliss-reactive ketones (excluding diaryl/α,β-unsaturated/α-hetero) is 1. The van der Waals surface area contributed by atoms with E-state index in [1.807, 2.05) is 0 Å². The van der Waals surface area contributed by atoms with E-state index in [9.17, 15) is 18.0 Å². The van der Waals surface area contributed by atoms with Crippen LogP contribution in [0.1, 0.15) is 10.6 Å². The smallest absolute Gasteiger partial charge is 0.289 e. The molecule has 0 aliphatic rings. The Morgan fingerprint density at radius 1 is 1.29 bits per heavy atom. The normalized spacial score (nSPS) is 11.7. The van der Waals surface area contributed by atoms with Crippen LogP contribution in [0.2, 0.25) is 10.0 Å². The van der Waals surface area contributed by atoms with Crippen molar-refractivity contribution in [2.75, 3.05) is 0 Å². The fourth-order valence-electron chi connectivity index (χ4n) is 1.56. The molecular formula is C13H8Cl2F3NOS. The molecule has 0 saturated carbocycles. The van der Waals surface area contributed by atoms with Crippen molar-refractivity contribution in [3.63, 3.8) is 0 Å². The Hall–Kier alpha value is -1.11. The van der Waals surface area contributed by atoms with Gasteiger partial charge in [0.2, 0.25) is 5.78 Å². The lowest BCUT2D eigenvalue weighted by Crippen LogP contribution is -2.24. The zero-order chi connectivity index (χ0) is 15.8. The third-order valence-corrected chi connectivity index (χ3v) is 4.39. The fourth-order valence-corrected chi connectivity index (χ4v) is 2.84. The van der Waals surface area contributed by atoms with Gasteiger partial charge in [-0.3, -0.25) is 4.79 Å². The minimum absolute atomic E-state index is 0.0974. The fraction of sp³-hybridized carbons (Fsp3) is 0.231. The maximum absolute atomic E-state index is 12.2. The van der Waals surface area contributed by atoms with Crippen LogP contribution < -0.4 is 0 Å². The van der Waals surface area contributed by atoms with Gasteiger partial charge in [0, 0.05) is 21.0 Å². The predicted molar refractivity (Wildman–Crippen MR) is 77.1 cm³/mol. The molecule has 0 bridgehead atoms. The monoisotopic (exact) mass is 353 g/mol. The average Bonchev–Trinajstić information content (AvgIpc) is 2.82. The van der Waals surface area contributed by atoms with Crippen LogP contribution in [0.4, 0.5) is 13.2 Å². The number of alkyl halides is 3. The molecular weight excluding hydrogens is 346 g/mol. The Labute approximate surface area is 132 Å². The Bertz CT molecular complexity index is 674. The van der Waals surface area contributed by atoms with Crippen LogP contribution in [0.5, 0.6) is 0 Å². The summed E-state index contributed by atoms with van der Waals surface area (Å²) in [6, 6.07) is 3.26. The van der Waals surface area contributed by atoms with Crippen LogP contribution in [0.25, 0.3) is 11.3 Å². The van der Waals surface area contributed by atoms with E-state index in [-0.39, 0.29) is 5.01 Å². The maximum atomic E-state index is 12.2. The number of halogens is 5. The SMILES string of the molecule is Cc1c(Cl)cc(-c2csc(CC(=O)C(F)(F)F)n2)cc1Cl. The molecule has 1 aromatic heterocycles. The molecule has 2 rings (SSSR count). The Balaban J connectivity index is 2.26. The molecule has 0 aliphatic heterocycles. The second kappa shape index (κ2) is 5.94. The number of benzene rings is 1. The number of aromatic nitrogens is 1. The summed E-state index contributed by atoms with van der Waals surface area (Å²) < 4.78 is 36.6. The van der Waals surface area contributed by atoms with Crippen LogP contribution in [0, 0.1) is 6.92 Å². The summed E-state index contributed by atoms with van der Waals surface area (Å²) in [5.41, 5.74) is 1.75. The molecule has 0 aliphatic carbocycles. The second-order valence-electron chi connectivity index (χ2n) is 4.29. The lowest BCUT2D eigenvalue weighted by molar-refractivity contribution is -0.170. The molecule has 0 saturated heterocycles. The van der Waals surface area contributed by atoms with Crippen molar-refractivity contribution < 1.29 is 18.0 Å². The first-order chi connectivity index (χ1) is 9.68. The molecule has 0 fully saturated rings. The highest BCUT2D eigenvalue weighted by Gasteiger charge is 2.38. The van der Waals surface area contributed by atoms with E-state index >= 15 is 0 Å². The lowest BCUT2D eigenvalue weighted by atomic mass is 10.1. The lowest BCUT2D eigenvalue weighted by Gasteiger charge is -2.04. The zero-order valence-corrected chi connectivity index (χ0v) is 12.9. The van der Waals surface area contributed by atoms with Gasteiger partial charge in [0.15, 0.2) is 0 Å². The third kappa shape index (κ3) is 3.75. The number of rotatable bonds is 3. The molecule has 2 nitrogen and oxygen atoms in total. The van der Waals surface area contributed by atoms with Crippen molar-refractivity contribution in [3.8, 4) is 11.3 Å². The molecule has 0 unspecified atom stereocenters. The van der Waals surface area contributed by atoms with Crippen molar-refractivity contribution in [1.82, 2.24) is 4.98 Å². The molecule has 112 valence electrons. The molecule has 1 heterocycles. The highest BCUT2D eigenvalue weighted by Crippen LogP contribution is 2.32. The maximum Gasteiger partial charge on any atom is 0.450 e. The zero-order valence-electron chi connectivity index (χ0n) is 10.6. The average molecular weight is 354 g/mol.